The average molecular weight is 461 g/mol. The van der Waals surface area contributed by atoms with Crippen molar-refractivity contribution in [2.45, 2.75) is 98.4 Å². The second-order valence-corrected chi connectivity index (χ2v) is 12.2. The van der Waals surface area contributed by atoms with Gasteiger partial charge in [0.1, 0.15) is 12.4 Å². The first-order valence-electron chi connectivity index (χ1n) is 12.6. The molecule has 4 aliphatic rings. The summed E-state index contributed by atoms with van der Waals surface area (Å²) in [5.74, 6) is -0.0755. The molecule has 0 amide bonds. The van der Waals surface area contributed by atoms with Gasteiger partial charge in [0.05, 0.1) is 0 Å². The number of aldehydes is 1. The fourth-order valence-electron chi connectivity index (χ4n) is 8.80. The molecule has 6 nitrogen and oxygen atoms in total. The lowest BCUT2D eigenvalue weighted by atomic mass is 9.38. The third-order valence-electron chi connectivity index (χ3n) is 10.1. The predicted molar refractivity (Wildman–Crippen MR) is 123 cm³/mol. The Hall–Kier alpha value is -1.69. The zero-order valence-electron chi connectivity index (χ0n) is 20.8. The number of hydrogen-bond donors (Lipinski definition) is 1. The van der Waals surface area contributed by atoms with Crippen LogP contribution < -0.4 is 0 Å². The number of fused-ring (bicyclic) bond motifs is 3. The molecule has 3 saturated carbocycles. The quantitative estimate of drug-likeness (QED) is 0.477. The summed E-state index contributed by atoms with van der Waals surface area (Å²) < 4.78 is 10.5. The van der Waals surface area contributed by atoms with Crippen molar-refractivity contribution >= 4 is 18.2 Å². The average Bonchev–Trinajstić information content (AvgIpc) is 3.05. The van der Waals surface area contributed by atoms with Gasteiger partial charge in [0, 0.05) is 24.5 Å². The van der Waals surface area contributed by atoms with Crippen LogP contribution in [-0.4, -0.2) is 35.7 Å². The third-order valence-corrected chi connectivity index (χ3v) is 10.1. The molecular weight excluding hydrogens is 420 g/mol. The lowest BCUT2D eigenvalue weighted by Crippen LogP contribution is -2.59. The molecule has 8 unspecified atom stereocenters. The van der Waals surface area contributed by atoms with Crippen LogP contribution >= 0.6 is 0 Å². The maximum atomic E-state index is 12.2. The highest BCUT2D eigenvalue weighted by Gasteiger charge is 2.62. The van der Waals surface area contributed by atoms with Crippen molar-refractivity contribution in [3.05, 3.63) is 11.6 Å². The first-order chi connectivity index (χ1) is 15.4. The van der Waals surface area contributed by atoms with Crippen LogP contribution in [0.5, 0.6) is 0 Å². The zero-order chi connectivity index (χ0) is 24.2. The van der Waals surface area contributed by atoms with Crippen molar-refractivity contribution in [3.8, 4) is 0 Å². The lowest BCUT2D eigenvalue weighted by Gasteiger charge is -2.66. The maximum Gasteiger partial charge on any atom is 0.333 e. The number of ether oxygens (including phenoxy) is 2. The van der Waals surface area contributed by atoms with E-state index in [0.717, 1.165) is 32.0 Å². The molecule has 0 aromatic heterocycles. The van der Waals surface area contributed by atoms with E-state index < -0.39 is 24.3 Å². The van der Waals surface area contributed by atoms with Gasteiger partial charge in [-0.15, -0.1) is 0 Å². The van der Waals surface area contributed by atoms with Crippen LogP contribution in [0.15, 0.2) is 11.6 Å². The Balaban J connectivity index is 1.69. The first kappa shape index (κ1) is 24.4. The van der Waals surface area contributed by atoms with E-state index in [9.17, 15) is 19.5 Å². The van der Waals surface area contributed by atoms with Gasteiger partial charge in [-0.25, -0.2) is 4.79 Å². The Labute approximate surface area is 197 Å². The summed E-state index contributed by atoms with van der Waals surface area (Å²) in [5, 5.41) is 10.3. The summed E-state index contributed by atoms with van der Waals surface area (Å²) in [5.41, 5.74) is 0.755. The van der Waals surface area contributed by atoms with Gasteiger partial charge >= 0.3 is 11.9 Å². The Bertz CT molecular complexity index is 846. The highest BCUT2D eigenvalue weighted by atomic mass is 16.6. The fourth-order valence-corrected chi connectivity index (χ4v) is 8.80. The lowest BCUT2D eigenvalue weighted by molar-refractivity contribution is -0.182. The zero-order valence-corrected chi connectivity index (χ0v) is 20.8. The standard InChI is InChI=1S/C27H40O6/c1-16(29)32-20(18-13-23(30)33-24(18)31)14-19-17(15-28)7-8-22-26(19,4)12-9-21-25(2,3)10-6-11-27(21,22)5/h13,15,17,19-22,24,31H,6-12,14H2,1-5H3. The minimum atomic E-state index is -1.41. The predicted octanol–water partition coefficient (Wildman–Crippen LogP) is 4.58. The van der Waals surface area contributed by atoms with Crippen LogP contribution in [0.25, 0.3) is 0 Å². The molecule has 0 aromatic carbocycles. The summed E-state index contributed by atoms with van der Waals surface area (Å²) in [6, 6.07) is 0. The number of aliphatic hydroxyl groups is 1. The minimum absolute atomic E-state index is 0.00437. The number of esters is 2. The second kappa shape index (κ2) is 8.51. The van der Waals surface area contributed by atoms with E-state index in [0.29, 0.717) is 23.7 Å². The minimum Gasteiger partial charge on any atom is -0.458 e. The highest BCUT2D eigenvalue weighted by Crippen LogP contribution is 2.69. The smallest absolute Gasteiger partial charge is 0.333 e. The molecule has 184 valence electrons. The largest absolute Gasteiger partial charge is 0.458 e. The Morgan fingerprint density at radius 1 is 1.15 bits per heavy atom. The van der Waals surface area contributed by atoms with Crippen LogP contribution in [0.3, 0.4) is 0 Å². The maximum absolute atomic E-state index is 12.2. The molecular formula is C27H40O6. The van der Waals surface area contributed by atoms with Gasteiger partial charge < -0.3 is 19.4 Å². The van der Waals surface area contributed by atoms with E-state index in [1.165, 1.54) is 32.3 Å². The third kappa shape index (κ3) is 4.06. The summed E-state index contributed by atoms with van der Waals surface area (Å²) in [6.07, 6.45) is 8.34. The first-order valence-corrected chi connectivity index (χ1v) is 12.6. The number of hydrogen-bond acceptors (Lipinski definition) is 6. The molecule has 0 aromatic rings. The molecule has 0 saturated heterocycles. The Kier molecular flexibility index (Phi) is 6.30. The fraction of sp³-hybridized carbons (Fsp3) is 0.815. The van der Waals surface area contributed by atoms with E-state index >= 15 is 0 Å². The summed E-state index contributed by atoms with van der Waals surface area (Å²) in [4.78, 5) is 35.9. The van der Waals surface area contributed by atoms with Crippen molar-refractivity contribution < 1.29 is 29.0 Å². The molecule has 1 N–H and O–H groups in total. The van der Waals surface area contributed by atoms with Gasteiger partial charge in [0.25, 0.3) is 0 Å². The van der Waals surface area contributed by atoms with Crippen LogP contribution in [-0.2, 0) is 23.9 Å². The normalized spacial score (nSPS) is 42.9. The van der Waals surface area contributed by atoms with Crippen LogP contribution in [0.2, 0.25) is 0 Å². The van der Waals surface area contributed by atoms with E-state index in [4.69, 9.17) is 9.47 Å². The molecule has 1 aliphatic heterocycles. The van der Waals surface area contributed by atoms with E-state index in [1.807, 2.05) is 0 Å². The molecule has 0 bridgehead atoms. The highest BCUT2D eigenvalue weighted by molar-refractivity contribution is 5.86. The molecule has 1 heterocycles. The van der Waals surface area contributed by atoms with Crippen LogP contribution in [0, 0.1) is 39.9 Å². The molecule has 0 spiro atoms. The van der Waals surface area contributed by atoms with E-state index in [-0.39, 0.29) is 28.2 Å². The summed E-state index contributed by atoms with van der Waals surface area (Å²) >= 11 is 0. The van der Waals surface area contributed by atoms with Gasteiger partial charge in [-0.05, 0) is 78.9 Å². The van der Waals surface area contributed by atoms with Crippen molar-refractivity contribution in [1.82, 2.24) is 0 Å². The number of carbonyl (C=O) groups excluding carboxylic acids is 3. The Morgan fingerprint density at radius 3 is 2.48 bits per heavy atom. The summed E-state index contributed by atoms with van der Waals surface area (Å²) in [6.45, 7) is 11.0. The summed E-state index contributed by atoms with van der Waals surface area (Å²) in [7, 11) is 0. The van der Waals surface area contributed by atoms with Crippen molar-refractivity contribution in [2.24, 2.45) is 39.9 Å². The van der Waals surface area contributed by atoms with Crippen molar-refractivity contribution in [2.75, 3.05) is 0 Å². The number of rotatable bonds is 5. The van der Waals surface area contributed by atoms with E-state index in [2.05, 4.69) is 27.7 Å². The molecule has 33 heavy (non-hydrogen) atoms. The van der Waals surface area contributed by atoms with E-state index in [1.54, 1.807) is 0 Å². The molecule has 6 heteroatoms. The number of carbonyl (C=O) groups is 3. The monoisotopic (exact) mass is 460 g/mol. The Morgan fingerprint density at radius 2 is 1.88 bits per heavy atom. The van der Waals surface area contributed by atoms with Gasteiger partial charge in [0.2, 0.25) is 6.29 Å². The van der Waals surface area contributed by atoms with Gasteiger partial charge in [-0.1, -0.05) is 34.1 Å². The molecule has 3 fully saturated rings. The van der Waals surface area contributed by atoms with Gasteiger partial charge in [-0.2, -0.15) is 0 Å². The van der Waals surface area contributed by atoms with Gasteiger partial charge in [0.15, 0.2) is 0 Å². The molecule has 0 radical (unpaired) electrons. The molecule has 4 rings (SSSR count). The number of cyclic esters (lactones) is 1. The molecule has 3 aliphatic carbocycles. The van der Waals surface area contributed by atoms with Crippen molar-refractivity contribution in [3.63, 3.8) is 0 Å². The van der Waals surface area contributed by atoms with Gasteiger partial charge in [-0.3, -0.25) is 4.79 Å². The topological polar surface area (TPSA) is 89.9 Å². The number of aliphatic hydroxyl groups excluding tert-OH is 1. The van der Waals surface area contributed by atoms with Crippen LogP contribution in [0.4, 0.5) is 0 Å². The van der Waals surface area contributed by atoms with Crippen molar-refractivity contribution in [1.29, 1.82) is 0 Å². The molecule has 8 atom stereocenters. The SMILES string of the molecule is CC(=O)OC(CC1C(C=O)CCC2C1(C)CCC1C(C)(C)CCCC12C)C1=CC(=O)OC1O. The second-order valence-electron chi connectivity index (χ2n) is 12.2. The van der Waals surface area contributed by atoms with Crippen LogP contribution in [0.1, 0.15) is 86.0 Å².